The molecule has 3 rings (SSSR count). The quantitative estimate of drug-likeness (QED) is 0.921. The van der Waals surface area contributed by atoms with Gasteiger partial charge in [-0.05, 0) is 6.42 Å². The molecule has 0 saturated carbocycles. The number of nitrogens with zero attached hydrogens (tertiary/aromatic N) is 2. The van der Waals surface area contributed by atoms with E-state index in [9.17, 15) is 18.4 Å². The summed E-state index contributed by atoms with van der Waals surface area (Å²) < 4.78 is 32.3. The number of carbonyl (C=O) groups excluding carboxylic acids is 2. The number of halogens is 2. The molecule has 0 bridgehead atoms. The van der Waals surface area contributed by atoms with Crippen LogP contribution in [0, 0.1) is 11.6 Å². The molecule has 1 aliphatic heterocycles. The van der Waals surface area contributed by atoms with Crippen LogP contribution < -0.4 is 10.2 Å². The molecule has 1 aromatic carbocycles. The van der Waals surface area contributed by atoms with Crippen LogP contribution in [0.5, 0.6) is 0 Å². The van der Waals surface area contributed by atoms with Gasteiger partial charge < -0.3 is 14.7 Å². The van der Waals surface area contributed by atoms with E-state index in [0.29, 0.717) is 29.9 Å². The van der Waals surface area contributed by atoms with Crippen LogP contribution in [-0.4, -0.2) is 23.5 Å². The lowest BCUT2D eigenvalue weighted by atomic mass is 10.0. The third-order valence-electron chi connectivity index (χ3n) is 4.14. The second-order valence-electron chi connectivity index (χ2n) is 5.73. The van der Waals surface area contributed by atoms with E-state index in [1.54, 1.807) is 0 Å². The zero-order valence-corrected chi connectivity index (χ0v) is 13.9. The van der Waals surface area contributed by atoms with Gasteiger partial charge in [0.1, 0.15) is 12.3 Å². The summed E-state index contributed by atoms with van der Waals surface area (Å²) in [6.45, 7) is 3.52. The number of aromatic nitrogens is 1. The van der Waals surface area contributed by atoms with E-state index in [2.05, 4.69) is 10.5 Å². The van der Waals surface area contributed by atoms with Crippen LogP contribution in [0.3, 0.4) is 0 Å². The third-order valence-corrected chi connectivity index (χ3v) is 4.14. The predicted octanol–water partition coefficient (Wildman–Crippen LogP) is 2.61. The topological polar surface area (TPSA) is 75.4 Å². The second kappa shape index (κ2) is 6.62. The third kappa shape index (κ3) is 3.11. The Balaban J connectivity index is 1.95. The minimum absolute atomic E-state index is 0.0262. The lowest BCUT2D eigenvalue weighted by Gasteiger charge is -2.29. The van der Waals surface area contributed by atoms with E-state index >= 15 is 0 Å². The Morgan fingerprint density at radius 3 is 2.68 bits per heavy atom. The van der Waals surface area contributed by atoms with Crippen molar-refractivity contribution < 1.29 is 22.9 Å². The number of rotatable bonds is 4. The number of amides is 2. The molecule has 0 saturated heterocycles. The maximum atomic E-state index is 13.6. The fourth-order valence-electron chi connectivity index (χ4n) is 2.89. The van der Waals surface area contributed by atoms with E-state index in [1.807, 2.05) is 13.8 Å². The van der Waals surface area contributed by atoms with E-state index in [1.165, 1.54) is 0 Å². The minimum atomic E-state index is -1.09. The highest BCUT2D eigenvalue weighted by atomic mass is 19.2. The van der Waals surface area contributed by atoms with Crippen LogP contribution in [0.25, 0.3) is 0 Å². The Morgan fingerprint density at radius 1 is 1.28 bits per heavy atom. The number of anilines is 2. The first-order chi connectivity index (χ1) is 11.9. The Kier molecular flexibility index (Phi) is 4.52. The van der Waals surface area contributed by atoms with Crippen molar-refractivity contribution in [3.05, 3.63) is 40.8 Å². The molecule has 6 nitrogen and oxygen atoms in total. The molecule has 1 N–H and O–H groups in total. The molecule has 0 unspecified atom stereocenters. The van der Waals surface area contributed by atoms with E-state index in [4.69, 9.17) is 4.52 Å². The van der Waals surface area contributed by atoms with Crippen molar-refractivity contribution in [2.75, 3.05) is 16.8 Å². The summed E-state index contributed by atoms with van der Waals surface area (Å²) in [5.41, 5.74) is 1.57. The molecule has 25 heavy (non-hydrogen) atoms. The van der Waals surface area contributed by atoms with Crippen LogP contribution in [0.15, 0.2) is 16.7 Å². The van der Waals surface area contributed by atoms with Gasteiger partial charge >= 0.3 is 0 Å². The zero-order valence-electron chi connectivity index (χ0n) is 13.9. The number of hydrogen-bond acceptors (Lipinski definition) is 4. The van der Waals surface area contributed by atoms with Crippen molar-refractivity contribution in [2.45, 2.75) is 33.1 Å². The van der Waals surface area contributed by atoms with Crippen molar-refractivity contribution in [2.24, 2.45) is 0 Å². The molecule has 2 amide bonds. The van der Waals surface area contributed by atoms with Gasteiger partial charge in [-0.25, -0.2) is 8.78 Å². The Hall–Kier alpha value is -2.77. The van der Waals surface area contributed by atoms with Gasteiger partial charge in [0.15, 0.2) is 11.6 Å². The highest BCUT2D eigenvalue weighted by Crippen LogP contribution is 2.32. The van der Waals surface area contributed by atoms with Crippen molar-refractivity contribution >= 4 is 23.2 Å². The van der Waals surface area contributed by atoms with Crippen molar-refractivity contribution in [1.29, 1.82) is 0 Å². The average Bonchev–Trinajstić information content (AvgIpc) is 2.97. The summed E-state index contributed by atoms with van der Waals surface area (Å²) in [5, 5.41) is 6.40. The summed E-state index contributed by atoms with van der Waals surface area (Å²) in [5.74, 6) is -2.44. The monoisotopic (exact) mass is 349 g/mol. The van der Waals surface area contributed by atoms with E-state index in [-0.39, 0.29) is 24.3 Å². The first-order valence-electron chi connectivity index (χ1n) is 8.00. The molecule has 0 radical (unpaired) electrons. The number of fused-ring (bicyclic) bond motifs is 1. The lowest BCUT2D eigenvalue weighted by molar-refractivity contribution is -0.121. The van der Waals surface area contributed by atoms with Gasteiger partial charge in [-0.1, -0.05) is 19.0 Å². The average molecular weight is 349 g/mol. The predicted molar refractivity (Wildman–Crippen MR) is 86.3 cm³/mol. The van der Waals surface area contributed by atoms with Crippen LogP contribution in [0.2, 0.25) is 0 Å². The summed E-state index contributed by atoms with van der Waals surface area (Å²) in [4.78, 5) is 25.8. The molecule has 2 aromatic rings. The van der Waals surface area contributed by atoms with Gasteiger partial charge in [-0.15, -0.1) is 0 Å². The summed E-state index contributed by atoms with van der Waals surface area (Å²) in [6.07, 6.45) is 1.15. The molecule has 2 heterocycles. The molecular weight excluding hydrogens is 332 g/mol. The number of hydrogen-bond donors (Lipinski definition) is 1. The van der Waals surface area contributed by atoms with Gasteiger partial charge in [0.05, 0.1) is 23.5 Å². The van der Waals surface area contributed by atoms with Crippen LogP contribution in [-0.2, 0) is 28.9 Å². The van der Waals surface area contributed by atoms with Crippen LogP contribution in [0.4, 0.5) is 20.2 Å². The Labute approximate surface area is 142 Å². The van der Waals surface area contributed by atoms with E-state index < -0.39 is 23.4 Å². The number of benzene rings is 1. The Morgan fingerprint density at radius 2 is 2.00 bits per heavy atom. The van der Waals surface area contributed by atoms with Gasteiger partial charge in [-0.3, -0.25) is 9.59 Å². The number of carbonyl (C=O) groups is 2. The fourth-order valence-corrected chi connectivity index (χ4v) is 2.89. The molecule has 8 heteroatoms. The molecule has 1 aliphatic rings. The highest BCUT2D eigenvalue weighted by Gasteiger charge is 2.30. The van der Waals surface area contributed by atoms with Gasteiger partial charge in [-0.2, -0.15) is 0 Å². The zero-order chi connectivity index (χ0) is 18.1. The molecule has 0 atom stereocenters. The minimum Gasteiger partial charge on any atom is -0.361 e. The molecule has 1 aromatic heterocycles. The van der Waals surface area contributed by atoms with Crippen molar-refractivity contribution in [3.63, 3.8) is 0 Å². The summed E-state index contributed by atoms with van der Waals surface area (Å²) >= 11 is 0. The molecule has 0 fully saturated rings. The van der Waals surface area contributed by atoms with Gasteiger partial charge in [0.25, 0.3) is 0 Å². The molecule has 132 valence electrons. The highest BCUT2D eigenvalue weighted by molar-refractivity contribution is 6.10. The largest absolute Gasteiger partial charge is 0.361 e. The maximum absolute atomic E-state index is 13.6. The smallest absolute Gasteiger partial charge is 0.244 e. The van der Waals surface area contributed by atoms with Gasteiger partial charge in [0.2, 0.25) is 11.8 Å². The molecular formula is C17H17F2N3O3. The fraction of sp³-hybridized carbons (Fsp3) is 0.353. The first kappa shape index (κ1) is 17.1. The molecule has 0 aliphatic carbocycles. The van der Waals surface area contributed by atoms with E-state index in [0.717, 1.165) is 17.0 Å². The number of nitrogens with one attached hydrogen (secondary N) is 1. The van der Waals surface area contributed by atoms with Crippen molar-refractivity contribution in [1.82, 2.24) is 5.16 Å². The summed E-state index contributed by atoms with van der Waals surface area (Å²) in [7, 11) is 0. The van der Waals surface area contributed by atoms with Crippen LogP contribution in [0.1, 0.15) is 30.9 Å². The second-order valence-corrected chi connectivity index (χ2v) is 5.73. The SMILES string of the molecule is CCc1noc(CC)c1CC(=O)N1CC(=O)Nc2cc(F)c(F)cc21. The lowest BCUT2D eigenvalue weighted by Crippen LogP contribution is -2.43. The maximum Gasteiger partial charge on any atom is 0.244 e. The normalized spacial score (nSPS) is 13.6. The van der Waals surface area contributed by atoms with Crippen LogP contribution >= 0.6 is 0 Å². The summed E-state index contributed by atoms with van der Waals surface area (Å²) in [6, 6.07) is 1.79. The standard InChI is InChI=1S/C17H17F2N3O3/c1-3-12-9(15(4-2)25-21-12)5-17(24)22-8-16(23)20-13-6-10(18)11(19)7-14(13)22/h6-7H,3-5,8H2,1-2H3,(H,20,23). The van der Waals surface area contributed by atoms with Crippen molar-refractivity contribution in [3.8, 4) is 0 Å². The number of aryl methyl sites for hydroxylation is 2. The molecule has 0 spiro atoms. The Bertz CT molecular complexity index is 826. The van der Waals surface area contributed by atoms with Gasteiger partial charge in [0, 0.05) is 24.1 Å². The first-order valence-corrected chi connectivity index (χ1v) is 8.00.